The highest BCUT2D eigenvalue weighted by atomic mass is 14.7. The monoisotopic (exact) mass is 163 g/mol. The number of rotatable bonds is 2. The molecule has 0 aliphatic rings. The smallest absolute Gasteiger partial charge is 0.0439 e. The van der Waals surface area contributed by atoms with Gasteiger partial charge in [-0.3, -0.25) is 4.98 Å². The summed E-state index contributed by atoms with van der Waals surface area (Å²) in [6, 6.07) is 1.79. The van der Waals surface area contributed by atoms with Crippen molar-refractivity contribution in [1.82, 2.24) is 4.98 Å². The van der Waals surface area contributed by atoms with Crippen molar-refractivity contribution < 1.29 is 0 Å². The van der Waals surface area contributed by atoms with Crippen LogP contribution in [0.3, 0.4) is 0 Å². The molecule has 3 nitrogen and oxygen atoms in total. The molecule has 0 bridgehead atoms. The Morgan fingerprint density at radius 2 is 2.33 bits per heavy atom. The molecule has 0 spiro atoms. The molecule has 12 heavy (non-hydrogen) atoms. The molecule has 0 atom stereocenters. The quantitative estimate of drug-likeness (QED) is 0.652. The summed E-state index contributed by atoms with van der Waals surface area (Å²) >= 11 is 0. The van der Waals surface area contributed by atoms with Gasteiger partial charge in [0.25, 0.3) is 0 Å². The number of nitrogens with two attached hydrogens (primary N) is 1. The van der Waals surface area contributed by atoms with E-state index < -0.39 is 0 Å². The van der Waals surface area contributed by atoms with Gasteiger partial charge in [0.1, 0.15) is 0 Å². The number of hydrogen-bond acceptors (Lipinski definition) is 3. The number of hydrogen-bond donors (Lipinski definition) is 2. The van der Waals surface area contributed by atoms with Crippen LogP contribution in [0.5, 0.6) is 0 Å². The second-order valence-corrected chi connectivity index (χ2v) is 2.75. The van der Waals surface area contributed by atoms with Crippen LogP contribution < -0.4 is 5.73 Å². The third-order valence-electron chi connectivity index (χ3n) is 1.75. The Morgan fingerprint density at radius 3 is 2.83 bits per heavy atom. The fourth-order valence-electron chi connectivity index (χ4n) is 1.02. The number of nitrogens with one attached hydrogen (secondary N) is 1. The molecule has 1 aromatic heterocycles. The van der Waals surface area contributed by atoms with Gasteiger partial charge in [-0.2, -0.15) is 0 Å². The molecule has 3 heteroatoms. The molecule has 0 aromatic carbocycles. The first kappa shape index (κ1) is 8.71. The molecule has 0 radical (unpaired) electrons. The predicted octanol–water partition coefficient (Wildman–Crippen LogP) is 1.75. The summed E-state index contributed by atoms with van der Waals surface area (Å²) < 4.78 is 0. The molecule has 0 fully saturated rings. The van der Waals surface area contributed by atoms with Gasteiger partial charge in [0.2, 0.25) is 0 Å². The molecule has 0 unspecified atom stereocenters. The molecule has 0 saturated heterocycles. The van der Waals surface area contributed by atoms with Crippen LogP contribution in [0.25, 0.3) is 0 Å². The van der Waals surface area contributed by atoms with Gasteiger partial charge in [-0.1, -0.05) is 6.92 Å². The first-order valence-electron chi connectivity index (χ1n) is 3.95. The number of nitrogens with zero attached hydrogens (tertiary/aromatic N) is 1. The first-order valence-corrected chi connectivity index (χ1v) is 3.95. The molecular weight excluding hydrogens is 150 g/mol. The fourth-order valence-corrected chi connectivity index (χ4v) is 1.02. The Morgan fingerprint density at radius 1 is 1.67 bits per heavy atom. The highest BCUT2D eigenvalue weighted by Crippen LogP contribution is 2.12. The Kier molecular flexibility index (Phi) is 2.43. The van der Waals surface area contributed by atoms with E-state index in [1.165, 1.54) is 0 Å². The highest BCUT2D eigenvalue weighted by molar-refractivity contribution is 6.02. The van der Waals surface area contributed by atoms with Crippen molar-refractivity contribution in [3.05, 3.63) is 23.5 Å². The zero-order valence-corrected chi connectivity index (χ0v) is 7.39. The topological polar surface area (TPSA) is 62.8 Å². The second kappa shape index (κ2) is 3.34. The Bertz CT molecular complexity index is 305. The summed E-state index contributed by atoms with van der Waals surface area (Å²) in [5, 5.41) is 7.57. The standard InChI is InChI=1S/C9H13N3/c1-3-8(10)7-5-12-6(2)4-9(7)11/h4-5,10H,3H2,1-2H3,(H2,11,12). The Balaban J connectivity index is 3.09. The van der Waals surface area contributed by atoms with Gasteiger partial charge in [-0.15, -0.1) is 0 Å². The summed E-state index contributed by atoms with van der Waals surface area (Å²) in [5.74, 6) is 0. The summed E-state index contributed by atoms with van der Waals surface area (Å²) in [4.78, 5) is 4.09. The molecular formula is C9H13N3. The number of anilines is 1. The van der Waals surface area contributed by atoms with E-state index in [0.29, 0.717) is 17.8 Å². The van der Waals surface area contributed by atoms with Gasteiger partial charge in [0.05, 0.1) is 0 Å². The maximum atomic E-state index is 7.57. The molecule has 1 aromatic rings. The van der Waals surface area contributed by atoms with Gasteiger partial charge in [-0.05, 0) is 19.4 Å². The van der Waals surface area contributed by atoms with Crippen molar-refractivity contribution in [2.24, 2.45) is 0 Å². The van der Waals surface area contributed by atoms with Gasteiger partial charge in [0, 0.05) is 28.9 Å². The van der Waals surface area contributed by atoms with Crippen molar-refractivity contribution in [2.75, 3.05) is 5.73 Å². The van der Waals surface area contributed by atoms with Crippen LogP contribution in [0.2, 0.25) is 0 Å². The predicted molar refractivity (Wildman–Crippen MR) is 50.5 cm³/mol. The lowest BCUT2D eigenvalue weighted by molar-refractivity contribution is 1.17. The average molecular weight is 163 g/mol. The zero-order valence-electron chi connectivity index (χ0n) is 7.39. The maximum absolute atomic E-state index is 7.57. The molecule has 0 amide bonds. The van der Waals surface area contributed by atoms with Gasteiger partial charge < -0.3 is 11.1 Å². The van der Waals surface area contributed by atoms with Crippen LogP contribution in [-0.2, 0) is 0 Å². The van der Waals surface area contributed by atoms with Crippen LogP contribution in [0.15, 0.2) is 12.3 Å². The second-order valence-electron chi connectivity index (χ2n) is 2.75. The Labute approximate surface area is 72.1 Å². The minimum absolute atomic E-state index is 0.542. The number of aryl methyl sites for hydroxylation is 1. The van der Waals surface area contributed by atoms with Gasteiger partial charge in [0.15, 0.2) is 0 Å². The van der Waals surface area contributed by atoms with Crippen molar-refractivity contribution in [3.8, 4) is 0 Å². The van der Waals surface area contributed by atoms with Crippen LogP contribution >= 0.6 is 0 Å². The maximum Gasteiger partial charge on any atom is 0.0439 e. The SMILES string of the molecule is CCC(=N)c1cnc(C)cc1N. The normalized spacial score (nSPS) is 9.83. The number of nitrogen functional groups attached to an aromatic ring is 1. The van der Waals surface area contributed by atoms with Crippen molar-refractivity contribution >= 4 is 11.4 Å². The van der Waals surface area contributed by atoms with E-state index in [1.807, 2.05) is 13.8 Å². The van der Waals surface area contributed by atoms with E-state index in [-0.39, 0.29) is 0 Å². The van der Waals surface area contributed by atoms with Crippen LogP contribution in [0.4, 0.5) is 5.69 Å². The van der Waals surface area contributed by atoms with Crippen molar-refractivity contribution in [2.45, 2.75) is 20.3 Å². The summed E-state index contributed by atoms with van der Waals surface area (Å²) in [7, 11) is 0. The van der Waals surface area contributed by atoms with Gasteiger partial charge in [-0.25, -0.2) is 0 Å². The summed E-state index contributed by atoms with van der Waals surface area (Å²) in [6.07, 6.45) is 2.35. The van der Waals surface area contributed by atoms with E-state index in [1.54, 1.807) is 12.3 Å². The lowest BCUT2D eigenvalue weighted by atomic mass is 10.1. The highest BCUT2D eigenvalue weighted by Gasteiger charge is 2.03. The Hall–Kier alpha value is -1.38. The molecule has 0 aliphatic carbocycles. The third kappa shape index (κ3) is 1.61. The first-order chi connectivity index (χ1) is 5.65. The van der Waals surface area contributed by atoms with E-state index in [9.17, 15) is 0 Å². The van der Waals surface area contributed by atoms with Crippen LogP contribution in [0.1, 0.15) is 24.6 Å². The van der Waals surface area contributed by atoms with Crippen molar-refractivity contribution in [3.63, 3.8) is 0 Å². The lowest BCUT2D eigenvalue weighted by Crippen LogP contribution is -2.03. The molecule has 0 aliphatic heterocycles. The van der Waals surface area contributed by atoms with E-state index in [0.717, 1.165) is 11.3 Å². The van der Waals surface area contributed by atoms with E-state index in [2.05, 4.69) is 4.98 Å². The fraction of sp³-hybridized carbons (Fsp3) is 0.333. The number of aromatic nitrogens is 1. The van der Waals surface area contributed by atoms with E-state index >= 15 is 0 Å². The summed E-state index contributed by atoms with van der Waals surface area (Å²) in [6.45, 7) is 3.82. The zero-order chi connectivity index (χ0) is 9.14. The lowest BCUT2D eigenvalue weighted by Gasteiger charge is -2.04. The molecule has 0 saturated carbocycles. The largest absolute Gasteiger partial charge is 0.398 e. The minimum Gasteiger partial charge on any atom is -0.398 e. The molecule has 64 valence electrons. The van der Waals surface area contributed by atoms with Crippen molar-refractivity contribution in [1.29, 1.82) is 5.41 Å². The van der Waals surface area contributed by atoms with E-state index in [4.69, 9.17) is 11.1 Å². The average Bonchev–Trinajstić information content (AvgIpc) is 2.03. The molecule has 3 N–H and O–H groups in total. The molecule has 1 heterocycles. The number of pyridine rings is 1. The summed E-state index contributed by atoms with van der Waals surface area (Å²) in [5.41, 5.74) is 8.55. The van der Waals surface area contributed by atoms with Crippen LogP contribution in [0, 0.1) is 12.3 Å². The van der Waals surface area contributed by atoms with Gasteiger partial charge >= 0.3 is 0 Å². The van der Waals surface area contributed by atoms with Crippen LogP contribution in [-0.4, -0.2) is 10.7 Å². The molecule has 1 rings (SSSR count). The minimum atomic E-state index is 0.542. The third-order valence-corrected chi connectivity index (χ3v) is 1.75.